The average molecular weight is 183 g/mol. The fourth-order valence-corrected chi connectivity index (χ4v) is 1.03. The highest BCUT2D eigenvalue weighted by molar-refractivity contribution is 5.48. The van der Waals surface area contributed by atoms with Crippen LogP contribution in [0.3, 0.4) is 0 Å². The lowest BCUT2D eigenvalue weighted by Gasteiger charge is -2.02. The van der Waals surface area contributed by atoms with Crippen molar-refractivity contribution in [2.24, 2.45) is 0 Å². The van der Waals surface area contributed by atoms with Crippen LogP contribution in [0.5, 0.6) is 5.75 Å². The van der Waals surface area contributed by atoms with E-state index >= 15 is 0 Å². The highest BCUT2D eigenvalue weighted by atomic mass is 16.6. The minimum Gasteiger partial charge on any atom is -0.490 e. The lowest BCUT2D eigenvalue weighted by Crippen LogP contribution is -2.47. The van der Waals surface area contributed by atoms with E-state index < -0.39 is 4.92 Å². The first-order valence-electron chi connectivity index (χ1n) is 3.79. The minimum absolute atomic E-state index is 0.0142. The van der Waals surface area contributed by atoms with Gasteiger partial charge in [0, 0.05) is 11.6 Å². The van der Waals surface area contributed by atoms with E-state index in [1.54, 1.807) is 12.1 Å². The van der Waals surface area contributed by atoms with Gasteiger partial charge >= 0.3 is 5.69 Å². The topological polar surface area (TPSA) is 80.0 Å². The Bertz CT molecular complexity index is 325. The van der Waals surface area contributed by atoms with Gasteiger partial charge in [0.05, 0.1) is 18.6 Å². The number of nitro benzene ring substituents is 1. The summed E-state index contributed by atoms with van der Waals surface area (Å²) in [4.78, 5) is 10.0. The van der Waals surface area contributed by atoms with Gasteiger partial charge in [-0.05, 0) is 12.1 Å². The van der Waals surface area contributed by atoms with Crippen LogP contribution in [-0.4, -0.2) is 12.0 Å². The second-order valence-corrected chi connectivity index (χ2v) is 2.51. The van der Waals surface area contributed by atoms with E-state index in [1.165, 1.54) is 13.2 Å². The van der Waals surface area contributed by atoms with Crippen molar-refractivity contribution in [3.63, 3.8) is 0 Å². The number of benzene rings is 1. The Hall–Kier alpha value is -1.62. The molecule has 0 aromatic heterocycles. The number of hydrogen-bond acceptors (Lipinski definition) is 3. The number of hydrogen-bond donors (Lipinski definition) is 1. The normalized spacial score (nSPS) is 9.69. The molecular weight excluding hydrogens is 172 g/mol. The minimum atomic E-state index is -0.467. The predicted molar refractivity (Wildman–Crippen MR) is 46.2 cm³/mol. The summed E-state index contributed by atoms with van der Waals surface area (Å²) in [5.74, 6) is 0.283. The van der Waals surface area contributed by atoms with E-state index in [4.69, 9.17) is 4.74 Å². The number of nitro groups is 1. The van der Waals surface area contributed by atoms with Gasteiger partial charge in [0.25, 0.3) is 0 Å². The number of ether oxygens (including phenoxy) is 1. The summed E-state index contributed by atoms with van der Waals surface area (Å²) in [6.07, 6.45) is 0. The number of methoxy groups -OCH3 is 1. The Morgan fingerprint density at radius 2 is 2.31 bits per heavy atom. The molecule has 70 valence electrons. The molecule has 5 heteroatoms. The van der Waals surface area contributed by atoms with Crippen molar-refractivity contribution in [1.29, 1.82) is 0 Å². The molecule has 0 aliphatic heterocycles. The van der Waals surface area contributed by atoms with Gasteiger partial charge in [-0.3, -0.25) is 10.1 Å². The van der Waals surface area contributed by atoms with E-state index in [-0.39, 0.29) is 11.4 Å². The van der Waals surface area contributed by atoms with Gasteiger partial charge in [-0.25, -0.2) is 0 Å². The standard InChI is InChI=1S/C8H10N2O3/c1-13-8-4-6(5-9)2-3-7(8)10(11)12/h2-4H,5,9H2,1H3/p+1. The summed E-state index contributed by atoms with van der Waals surface area (Å²) in [5.41, 5.74) is 4.59. The summed E-state index contributed by atoms with van der Waals surface area (Å²) in [5, 5.41) is 10.5. The Labute approximate surface area is 75.3 Å². The van der Waals surface area contributed by atoms with Crippen molar-refractivity contribution in [2.75, 3.05) is 7.11 Å². The molecule has 0 aliphatic carbocycles. The van der Waals surface area contributed by atoms with Crippen LogP contribution in [0.25, 0.3) is 0 Å². The summed E-state index contributed by atoms with van der Waals surface area (Å²) >= 11 is 0. The van der Waals surface area contributed by atoms with E-state index in [1.807, 2.05) is 0 Å². The first-order valence-corrected chi connectivity index (χ1v) is 3.79. The average Bonchev–Trinajstić information content (AvgIpc) is 2.16. The zero-order valence-electron chi connectivity index (χ0n) is 7.32. The fourth-order valence-electron chi connectivity index (χ4n) is 1.03. The highest BCUT2D eigenvalue weighted by Crippen LogP contribution is 2.26. The van der Waals surface area contributed by atoms with Crippen LogP contribution in [0.1, 0.15) is 5.56 Å². The van der Waals surface area contributed by atoms with Crippen molar-refractivity contribution in [1.82, 2.24) is 0 Å². The molecule has 0 spiro atoms. The lowest BCUT2D eigenvalue weighted by atomic mass is 10.2. The molecule has 1 rings (SSSR count). The molecular formula is C8H11N2O3+. The second kappa shape index (κ2) is 3.86. The first kappa shape index (κ1) is 9.47. The molecule has 0 radical (unpaired) electrons. The molecule has 1 aromatic carbocycles. The molecule has 3 N–H and O–H groups in total. The van der Waals surface area contributed by atoms with Gasteiger partial charge in [-0.2, -0.15) is 0 Å². The monoisotopic (exact) mass is 183 g/mol. The van der Waals surface area contributed by atoms with Crippen molar-refractivity contribution in [3.8, 4) is 5.75 Å². The number of quaternary nitrogens is 1. The quantitative estimate of drug-likeness (QED) is 0.542. The first-order chi connectivity index (χ1) is 6.19. The van der Waals surface area contributed by atoms with Crippen LogP contribution in [0.2, 0.25) is 0 Å². The van der Waals surface area contributed by atoms with Crippen LogP contribution in [0.4, 0.5) is 5.69 Å². The molecule has 0 heterocycles. The van der Waals surface area contributed by atoms with Crippen LogP contribution in [0.15, 0.2) is 18.2 Å². The van der Waals surface area contributed by atoms with Gasteiger partial charge in [-0.15, -0.1) is 0 Å². The maximum absolute atomic E-state index is 10.5. The van der Waals surface area contributed by atoms with E-state index in [0.29, 0.717) is 6.54 Å². The van der Waals surface area contributed by atoms with Gasteiger partial charge < -0.3 is 10.5 Å². The molecule has 5 nitrogen and oxygen atoms in total. The molecule has 0 saturated heterocycles. The van der Waals surface area contributed by atoms with E-state index in [9.17, 15) is 10.1 Å². The van der Waals surface area contributed by atoms with E-state index in [0.717, 1.165) is 5.56 Å². The second-order valence-electron chi connectivity index (χ2n) is 2.51. The molecule has 0 saturated carbocycles. The van der Waals surface area contributed by atoms with Crippen molar-refractivity contribution in [3.05, 3.63) is 33.9 Å². The van der Waals surface area contributed by atoms with Crippen LogP contribution >= 0.6 is 0 Å². The smallest absolute Gasteiger partial charge is 0.310 e. The zero-order valence-corrected chi connectivity index (χ0v) is 7.32. The fraction of sp³-hybridized carbons (Fsp3) is 0.250. The highest BCUT2D eigenvalue weighted by Gasteiger charge is 2.14. The van der Waals surface area contributed by atoms with E-state index in [2.05, 4.69) is 5.73 Å². The molecule has 1 aromatic rings. The van der Waals surface area contributed by atoms with Crippen molar-refractivity contribution in [2.45, 2.75) is 6.54 Å². The molecule has 0 unspecified atom stereocenters. The molecule has 0 bridgehead atoms. The van der Waals surface area contributed by atoms with Gasteiger partial charge in [-0.1, -0.05) is 0 Å². The van der Waals surface area contributed by atoms with Crippen molar-refractivity contribution < 1.29 is 15.4 Å². The Balaban J connectivity index is 3.15. The number of rotatable bonds is 3. The Morgan fingerprint density at radius 3 is 2.77 bits per heavy atom. The zero-order chi connectivity index (χ0) is 9.84. The molecule has 0 aliphatic rings. The Kier molecular flexibility index (Phi) is 2.81. The largest absolute Gasteiger partial charge is 0.490 e. The van der Waals surface area contributed by atoms with Crippen LogP contribution in [-0.2, 0) is 6.54 Å². The lowest BCUT2D eigenvalue weighted by molar-refractivity contribution is -0.387. The summed E-state index contributed by atoms with van der Waals surface area (Å²) in [6, 6.07) is 4.73. The third-order valence-corrected chi connectivity index (χ3v) is 1.73. The maximum Gasteiger partial charge on any atom is 0.310 e. The van der Waals surface area contributed by atoms with Gasteiger partial charge in [0.15, 0.2) is 5.75 Å². The summed E-state index contributed by atoms with van der Waals surface area (Å²) in [7, 11) is 1.41. The van der Waals surface area contributed by atoms with Crippen LogP contribution < -0.4 is 10.5 Å². The third kappa shape index (κ3) is 1.94. The Morgan fingerprint density at radius 1 is 1.62 bits per heavy atom. The van der Waals surface area contributed by atoms with Crippen molar-refractivity contribution >= 4 is 5.69 Å². The molecule has 13 heavy (non-hydrogen) atoms. The predicted octanol–water partition coefficient (Wildman–Crippen LogP) is 0.345. The van der Waals surface area contributed by atoms with Gasteiger partial charge in [0.2, 0.25) is 0 Å². The molecule has 0 amide bonds. The SMILES string of the molecule is COc1cc(C[NH3+])ccc1[N+](=O)[O-]. The summed E-state index contributed by atoms with van der Waals surface area (Å²) < 4.78 is 4.88. The van der Waals surface area contributed by atoms with Crippen LogP contribution in [0, 0.1) is 10.1 Å². The number of nitrogens with zero attached hydrogens (tertiary/aromatic N) is 1. The molecule has 0 atom stereocenters. The molecule has 0 fully saturated rings. The summed E-state index contributed by atoms with van der Waals surface area (Å²) in [6.45, 7) is 0.592. The van der Waals surface area contributed by atoms with Gasteiger partial charge in [0.1, 0.15) is 0 Å². The third-order valence-electron chi connectivity index (χ3n) is 1.73. The maximum atomic E-state index is 10.5.